The van der Waals surface area contributed by atoms with Gasteiger partial charge in [0.2, 0.25) is 0 Å². The summed E-state index contributed by atoms with van der Waals surface area (Å²) in [6, 6.07) is 61.6. The van der Waals surface area contributed by atoms with Crippen LogP contribution in [0, 0.1) is 0 Å². The van der Waals surface area contributed by atoms with Crippen LogP contribution in [-0.2, 0) is 0 Å². The van der Waals surface area contributed by atoms with Crippen molar-refractivity contribution >= 4 is 32.3 Å². The molecule has 48 heavy (non-hydrogen) atoms. The lowest BCUT2D eigenvalue weighted by Crippen LogP contribution is -2.00. The molecule has 0 radical (unpaired) electrons. The standard InChI is InChI=1S/C45H29N3/c1-3-14-30(15-4-1)32-18-11-20-34(28-32)44-46-43(31-16-5-2-6-17-31)47-45(48-44)35-21-12-19-33(29-35)36-26-13-27-41-39-23-8-7-22-37(39)38-24-9-10-25-40(38)42(36)41/h1-29H. The zero-order valence-electron chi connectivity index (χ0n) is 26.1. The summed E-state index contributed by atoms with van der Waals surface area (Å²) < 4.78 is 0. The molecule has 0 atom stereocenters. The van der Waals surface area contributed by atoms with Crippen LogP contribution in [0.4, 0.5) is 0 Å². The molecule has 0 saturated carbocycles. The molecule has 0 spiro atoms. The van der Waals surface area contributed by atoms with Gasteiger partial charge < -0.3 is 0 Å². The van der Waals surface area contributed by atoms with Gasteiger partial charge in [-0.15, -0.1) is 0 Å². The first-order chi connectivity index (χ1) is 23.8. The lowest BCUT2D eigenvalue weighted by Gasteiger charge is -2.15. The van der Waals surface area contributed by atoms with E-state index in [9.17, 15) is 0 Å². The van der Waals surface area contributed by atoms with Gasteiger partial charge in [0, 0.05) is 16.7 Å². The fourth-order valence-electron chi connectivity index (χ4n) is 6.84. The summed E-state index contributed by atoms with van der Waals surface area (Å²) in [6.45, 7) is 0. The summed E-state index contributed by atoms with van der Waals surface area (Å²) in [5.74, 6) is 1.93. The Labute approximate surface area is 278 Å². The van der Waals surface area contributed by atoms with Crippen LogP contribution in [-0.4, -0.2) is 15.0 Å². The van der Waals surface area contributed by atoms with Crippen LogP contribution in [0.25, 0.3) is 88.7 Å². The molecule has 0 saturated heterocycles. The number of fused-ring (bicyclic) bond motifs is 6. The van der Waals surface area contributed by atoms with Crippen LogP contribution >= 0.6 is 0 Å². The van der Waals surface area contributed by atoms with Crippen LogP contribution in [0.2, 0.25) is 0 Å². The lowest BCUT2D eigenvalue weighted by atomic mass is 9.89. The predicted molar refractivity (Wildman–Crippen MR) is 200 cm³/mol. The first-order valence-corrected chi connectivity index (χ1v) is 16.2. The van der Waals surface area contributed by atoms with Crippen LogP contribution in [0.1, 0.15) is 0 Å². The molecule has 0 fully saturated rings. The normalized spacial score (nSPS) is 11.3. The molecule has 0 aliphatic heterocycles. The van der Waals surface area contributed by atoms with Crippen molar-refractivity contribution in [1.29, 1.82) is 0 Å². The monoisotopic (exact) mass is 611 g/mol. The third kappa shape index (κ3) is 4.90. The molecule has 3 nitrogen and oxygen atoms in total. The predicted octanol–water partition coefficient (Wildman–Crippen LogP) is 11.7. The number of hydrogen-bond acceptors (Lipinski definition) is 3. The maximum Gasteiger partial charge on any atom is 0.164 e. The maximum atomic E-state index is 5.10. The fraction of sp³-hybridized carbons (Fsp3) is 0. The SMILES string of the molecule is c1ccc(-c2cccc(-c3nc(-c4ccccc4)nc(-c4cccc(-c5cccc6c7ccccc7c7ccccc7c56)c4)n3)c2)cc1. The van der Waals surface area contributed by atoms with E-state index in [1.807, 2.05) is 36.4 Å². The second-order valence-electron chi connectivity index (χ2n) is 12.0. The zero-order valence-corrected chi connectivity index (χ0v) is 26.1. The van der Waals surface area contributed by atoms with Crippen molar-refractivity contribution in [1.82, 2.24) is 15.0 Å². The van der Waals surface area contributed by atoms with Crippen molar-refractivity contribution < 1.29 is 0 Å². The van der Waals surface area contributed by atoms with Crippen molar-refractivity contribution in [3.05, 3.63) is 176 Å². The minimum absolute atomic E-state index is 0.640. The van der Waals surface area contributed by atoms with E-state index < -0.39 is 0 Å². The second-order valence-corrected chi connectivity index (χ2v) is 12.0. The minimum atomic E-state index is 0.640. The molecule has 0 unspecified atom stereocenters. The maximum absolute atomic E-state index is 5.10. The Kier molecular flexibility index (Phi) is 6.80. The first-order valence-electron chi connectivity index (χ1n) is 16.2. The zero-order chi connectivity index (χ0) is 31.9. The Morgan fingerprint density at radius 2 is 0.625 bits per heavy atom. The summed E-state index contributed by atoms with van der Waals surface area (Å²) in [7, 11) is 0. The summed E-state index contributed by atoms with van der Waals surface area (Å²) in [5, 5.41) is 7.55. The van der Waals surface area contributed by atoms with Gasteiger partial charge in [-0.3, -0.25) is 0 Å². The van der Waals surface area contributed by atoms with Gasteiger partial charge in [-0.25, -0.2) is 15.0 Å². The Balaban J connectivity index is 1.23. The molecule has 0 aliphatic carbocycles. The van der Waals surface area contributed by atoms with Crippen LogP contribution in [0.5, 0.6) is 0 Å². The van der Waals surface area contributed by atoms with E-state index in [0.29, 0.717) is 17.5 Å². The van der Waals surface area contributed by atoms with Gasteiger partial charge in [-0.05, 0) is 66.7 Å². The number of aromatic nitrogens is 3. The highest BCUT2D eigenvalue weighted by Crippen LogP contribution is 2.40. The topological polar surface area (TPSA) is 38.7 Å². The third-order valence-electron chi connectivity index (χ3n) is 9.10. The Hall–Kier alpha value is -6.45. The third-order valence-corrected chi connectivity index (χ3v) is 9.10. The Morgan fingerprint density at radius 3 is 1.23 bits per heavy atom. The van der Waals surface area contributed by atoms with Crippen LogP contribution in [0.15, 0.2) is 176 Å². The van der Waals surface area contributed by atoms with Crippen molar-refractivity contribution in [3.63, 3.8) is 0 Å². The summed E-state index contributed by atoms with van der Waals surface area (Å²) in [4.78, 5) is 15.1. The Morgan fingerprint density at radius 1 is 0.250 bits per heavy atom. The smallest absolute Gasteiger partial charge is 0.164 e. The summed E-state index contributed by atoms with van der Waals surface area (Å²) in [5.41, 5.74) is 7.41. The first kappa shape index (κ1) is 27.8. The van der Waals surface area contributed by atoms with Gasteiger partial charge in [-0.1, -0.05) is 164 Å². The minimum Gasteiger partial charge on any atom is -0.208 e. The molecule has 224 valence electrons. The molecule has 9 rings (SSSR count). The van der Waals surface area contributed by atoms with Crippen molar-refractivity contribution in [2.45, 2.75) is 0 Å². The molecular formula is C45H29N3. The largest absolute Gasteiger partial charge is 0.208 e. The van der Waals surface area contributed by atoms with E-state index in [0.717, 1.165) is 33.4 Å². The van der Waals surface area contributed by atoms with Crippen molar-refractivity contribution in [2.24, 2.45) is 0 Å². The number of benzene rings is 8. The van der Waals surface area contributed by atoms with E-state index in [-0.39, 0.29) is 0 Å². The lowest BCUT2D eigenvalue weighted by molar-refractivity contribution is 1.07. The average Bonchev–Trinajstić information content (AvgIpc) is 3.18. The highest BCUT2D eigenvalue weighted by Gasteiger charge is 2.16. The van der Waals surface area contributed by atoms with Crippen molar-refractivity contribution in [3.8, 4) is 56.4 Å². The van der Waals surface area contributed by atoms with Gasteiger partial charge in [0.25, 0.3) is 0 Å². The molecule has 0 aliphatic rings. The summed E-state index contributed by atoms with van der Waals surface area (Å²) >= 11 is 0. The highest BCUT2D eigenvalue weighted by molar-refractivity contribution is 6.28. The van der Waals surface area contributed by atoms with Gasteiger partial charge in [0.1, 0.15) is 0 Å². The van der Waals surface area contributed by atoms with Crippen molar-refractivity contribution in [2.75, 3.05) is 0 Å². The van der Waals surface area contributed by atoms with E-state index >= 15 is 0 Å². The van der Waals surface area contributed by atoms with E-state index in [4.69, 9.17) is 15.0 Å². The van der Waals surface area contributed by atoms with E-state index in [1.165, 1.54) is 37.9 Å². The summed E-state index contributed by atoms with van der Waals surface area (Å²) in [6.07, 6.45) is 0. The van der Waals surface area contributed by atoms with Gasteiger partial charge in [-0.2, -0.15) is 0 Å². The van der Waals surface area contributed by atoms with E-state index in [2.05, 4.69) is 140 Å². The van der Waals surface area contributed by atoms with Crippen LogP contribution < -0.4 is 0 Å². The van der Waals surface area contributed by atoms with Gasteiger partial charge in [0.05, 0.1) is 0 Å². The second kappa shape index (κ2) is 11.7. The molecule has 8 aromatic carbocycles. The van der Waals surface area contributed by atoms with E-state index in [1.54, 1.807) is 0 Å². The molecule has 1 aromatic heterocycles. The molecular weight excluding hydrogens is 583 g/mol. The van der Waals surface area contributed by atoms with Gasteiger partial charge >= 0.3 is 0 Å². The highest BCUT2D eigenvalue weighted by atomic mass is 15.0. The van der Waals surface area contributed by atoms with Gasteiger partial charge in [0.15, 0.2) is 17.5 Å². The Bertz CT molecular complexity index is 2570. The molecule has 9 aromatic rings. The molecule has 0 amide bonds. The molecule has 3 heteroatoms. The fourth-order valence-corrected chi connectivity index (χ4v) is 6.84. The molecule has 1 heterocycles. The average molecular weight is 612 g/mol. The number of rotatable bonds is 5. The quantitative estimate of drug-likeness (QED) is 0.182. The molecule has 0 bridgehead atoms. The molecule has 0 N–H and O–H groups in total. The number of nitrogens with zero attached hydrogens (tertiary/aromatic N) is 3. The number of hydrogen-bond donors (Lipinski definition) is 0. The van der Waals surface area contributed by atoms with Crippen LogP contribution in [0.3, 0.4) is 0 Å².